The number of benzene rings is 1. The van der Waals surface area contributed by atoms with Gasteiger partial charge in [-0.05, 0) is 56.9 Å². The average Bonchev–Trinajstić information content (AvgIpc) is 2.58. The summed E-state index contributed by atoms with van der Waals surface area (Å²) in [4.78, 5) is 2.28. The molecule has 1 aliphatic carbocycles. The number of nitrogens with zero attached hydrogens (tertiary/aromatic N) is 1. The van der Waals surface area contributed by atoms with Crippen LogP contribution in [0.4, 0.5) is 0 Å². The molecule has 76 valence electrons. The number of aryl methyl sites for hydroxylation is 1. The number of rotatable bonds is 3. The van der Waals surface area contributed by atoms with Gasteiger partial charge in [0, 0.05) is 0 Å². The highest BCUT2D eigenvalue weighted by atomic mass is 15.0. The Morgan fingerprint density at radius 3 is 2.86 bits per heavy atom. The van der Waals surface area contributed by atoms with Gasteiger partial charge in [-0.25, -0.2) is 0 Å². The van der Waals surface area contributed by atoms with Gasteiger partial charge in [-0.15, -0.1) is 0 Å². The van der Waals surface area contributed by atoms with E-state index in [0.29, 0.717) is 0 Å². The Labute approximate surface area is 86.7 Å². The summed E-state index contributed by atoms with van der Waals surface area (Å²) in [5, 5.41) is 0. The summed E-state index contributed by atoms with van der Waals surface area (Å²) in [6.07, 6.45) is 3.95. The summed E-state index contributed by atoms with van der Waals surface area (Å²) in [5.74, 6) is 0.814. The van der Waals surface area contributed by atoms with Crippen molar-refractivity contribution in [1.82, 2.24) is 4.90 Å². The molecule has 0 radical (unpaired) electrons. The van der Waals surface area contributed by atoms with Gasteiger partial charge in [0.15, 0.2) is 0 Å². The lowest BCUT2D eigenvalue weighted by Gasteiger charge is -2.15. The molecule has 0 heterocycles. The molecule has 0 aliphatic heterocycles. The van der Waals surface area contributed by atoms with E-state index < -0.39 is 0 Å². The molecule has 0 fully saturated rings. The predicted octanol–water partition coefficient (Wildman–Crippen LogP) is 2.67. The first-order chi connectivity index (χ1) is 6.77. The van der Waals surface area contributed by atoms with E-state index in [2.05, 4.69) is 43.3 Å². The quantitative estimate of drug-likeness (QED) is 0.706. The van der Waals surface area contributed by atoms with Gasteiger partial charge in [0.2, 0.25) is 0 Å². The van der Waals surface area contributed by atoms with Gasteiger partial charge >= 0.3 is 0 Å². The van der Waals surface area contributed by atoms with Crippen molar-refractivity contribution in [2.24, 2.45) is 0 Å². The molecule has 0 bridgehead atoms. The standard InChI is InChI=1S/C13H19N/c1-14(2)10-9-12-8-7-11-5-3-4-6-13(11)12/h3-6,12H,7-10H2,1-2H3. The Kier molecular flexibility index (Phi) is 2.87. The molecular weight excluding hydrogens is 170 g/mol. The molecule has 0 saturated carbocycles. The lowest BCUT2D eigenvalue weighted by molar-refractivity contribution is 0.380. The third-order valence-electron chi connectivity index (χ3n) is 3.18. The van der Waals surface area contributed by atoms with Crippen LogP contribution in [0.25, 0.3) is 0 Å². The van der Waals surface area contributed by atoms with E-state index in [0.717, 1.165) is 5.92 Å². The SMILES string of the molecule is CN(C)CCC1CCc2ccccc21. The van der Waals surface area contributed by atoms with Crippen molar-refractivity contribution in [2.75, 3.05) is 20.6 Å². The normalized spacial score (nSPS) is 20.1. The van der Waals surface area contributed by atoms with Crippen molar-refractivity contribution >= 4 is 0 Å². The van der Waals surface area contributed by atoms with Crippen LogP contribution < -0.4 is 0 Å². The smallest absolute Gasteiger partial charge is 0.00190 e. The fraction of sp³-hybridized carbons (Fsp3) is 0.538. The Bertz CT molecular complexity index is 304. The van der Waals surface area contributed by atoms with E-state index in [9.17, 15) is 0 Å². The van der Waals surface area contributed by atoms with Gasteiger partial charge in [0.1, 0.15) is 0 Å². The molecule has 0 N–H and O–H groups in total. The van der Waals surface area contributed by atoms with Crippen LogP contribution in [0.3, 0.4) is 0 Å². The molecule has 1 heteroatoms. The summed E-state index contributed by atoms with van der Waals surface area (Å²) < 4.78 is 0. The maximum atomic E-state index is 2.31. The van der Waals surface area contributed by atoms with Crippen LogP contribution in [0.15, 0.2) is 24.3 Å². The minimum absolute atomic E-state index is 0.814. The van der Waals surface area contributed by atoms with E-state index in [1.807, 2.05) is 0 Å². The van der Waals surface area contributed by atoms with E-state index >= 15 is 0 Å². The van der Waals surface area contributed by atoms with E-state index in [1.54, 1.807) is 11.1 Å². The van der Waals surface area contributed by atoms with Crippen LogP contribution in [-0.4, -0.2) is 25.5 Å². The molecule has 0 spiro atoms. The molecule has 1 aromatic rings. The second-order valence-corrected chi connectivity index (χ2v) is 4.53. The van der Waals surface area contributed by atoms with E-state index in [-0.39, 0.29) is 0 Å². The maximum absolute atomic E-state index is 2.31. The van der Waals surface area contributed by atoms with Crippen LogP contribution in [0.2, 0.25) is 0 Å². The van der Waals surface area contributed by atoms with E-state index in [1.165, 1.54) is 25.8 Å². The molecule has 0 saturated heterocycles. The van der Waals surface area contributed by atoms with Crippen molar-refractivity contribution < 1.29 is 0 Å². The lowest BCUT2D eigenvalue weighted by Crippen LogP contribution is -2.15. The monoisotopic (exact) mass is 189 g/mol. The van der Waals surface area contributed by atoms with Crippen molar-refractivity contribution in [3.05, 3.63) is 35.4 Å². The summed E-state index contributed by atoms with van der Waals surface area (Å²) in [6, 6.07) is 8.92. The fourth-order valence-corrected chi connectivity index (χ4v) is 2.36. The van der Waals surface area contributed by atoms with Crippen LogP contribution in [0.5, 0.6) is 0 Å². The first-order valence-corrected chi connectivity index (χ1v) is 5.50. The Morgan fingerprint density at radius 2 is 2.07 bits per heavy atom. The summed E-state index contributed by atoms with van der Waals surface area (Å²) >= 11 is 0. The Morgan fingerprint density at radius 1 is 1.29 bits per heavy atom. The molecule has 0 aromatic heterocycles. The fourth-order valence-electron chi connectivity index (χ4n) is 2.36. The van der Waals surface area contributed by atoms with Gasteiger partial charge in [-0.3, -0.25) is 0 Å². The largest absolute Gasteiger partial charge is 0.309 e. The van der Waals surface area contributed by atoms with Crippen molar-refractivity contribution in [3.63, 3.8) is 0 Å². The highest BCUT2D eigenvalue weighted by Gasteiger charge is 2.21. The second-order valence-electron chi connectivity index (χ2n) is 4.53. The average molecular weight is 189 g/mol. The van der Waals surface area contributed by atoms with Gasteiger partial charge < -0.3 is 4.90 Å². The van der Waals surface area contributed by atoms with Crippen LogP contribution in [0.1, 0.15) is 29.9 Å². The molecule has 2 rings (SSSR count). The molecule has 14 heavy (non-hydrogen) atoms. The zero-order valence-corrected chi connectivity index (χ0v) is 9.16. The molecule has 1 nitrogen and oxygen atoms in total. The molecule has 1 unspecified atom stereocenters. The highest BCUT2D eigenvalue weighted by molar-refractivity contribution is 5.34. The number of fused-ring (bicyclic) bond motifs is 1. The van der Waals surface area contributed by atoms with Gasteiger partial charge in [-0.2, -0.15) is 0 Å². The summed E-state index contributed by atoms with van der Waals surface area (Å²) in [7, 11) is 4.31. The predicted molar refractivity (Wildman–Crippen MR) is 60.7 cm³/mol. The summed E-state index contributed by atoms with van der Waals surface area (Å²) in [5.41, 5.74) is 3.19. The van der Waals surface area contributed by atoms with Crippen molar-refractivity contribution in [3.8, 4) is 0 Å². The zero-order valence-electron chi connectivity index (χ0n) is 9.16. The highest BCUT2D eigenvalue weighted by Crippen LogP contribution is 2.34. The molecule has 0 amide bonds. The van der Waals surface area contributed by atoms with Crippen LogP contribution in [-0.2, 0) is 6.42 Å². The van der Waals surface area contributed by atoms with Gasteiger partial charge in [0.05, 0.1) is 0 Å². The Hall–Kier alpha value is -0.820. The first-order valence-electron chi connectivity index (χ1n) is 5.50. The lowest BCUT2D eigenvalue weighted by atomic mass is 9.98. The minimum Gasteiger partial charge on any atom is -0.309 e. The van der Waals surface area contributed by atoms with Gasteiger partial charge in [-0.1, -0.05) is 24.3 Å². The molecule has 1 aliphatic rings. The zero-order chi connectivity index (χ0) is 9.97. The molecule has 1 atom stereocenters. The van der Waals surface area contributed by atoms with Gasteiger partial charge in [0.25, 0.3) is 0 Å². The van der Waals surface area contributed by atoms with Crippen molar-refractivity contribution in [1.29, 1.82) is 0 Å². The molecular formula is C13H19N. The van der Waals surface area contributed by atoms with Crippen LogP contribution in [0, 0.1) is 0 Å². The van der Waals surface area contributed by atoms with Crippen LogP contribution >= 0.6 is 0 Å². The first kappa shape index (κ1) is 9.72. The van der Waals surface area contributed by atoms with Crippen molar-refractivity contribution in [2.45, 2.75) is 25.2 Å². The minimum atomic E-state index is 0.814. The second kappa shape index (κ2) is 4.14. The number of hydrogen-bond acceptors (Lipinski definition) is 1. The third-order valence-corrected chi connectivity index (χ3v) is 3.18. The third kappa shape index (κ3) is 1.98. The topological polar surface area (TPSA) is 3.24 Å². The van der Waals surface area contributed by atoms with E-state index in [4.69, 9.17) is 0 Å². The number of hydrogen-bond donors (Lipinski definition) is 0. The summed E-state index contributed by atoms with van der Waals surface area (Å²) in [6.45, 7) is 1.21. The maximum Gasteiger partial charge on any atom is -0.00190 e. The Balaban J connectivity index is 2.03. The molecule has 1 aromatic carbocycles.